The SMILES string of the molecule is CC1CC(C(=O)O)CN(C(=O)NC(C)c2cccc(OCc3ccccn3)c2)C1. The van der Waals surface area contributed by atoms with Gasteiger partial charge in [-0.05, 0) is 49.1 Å². The van der Waals surface area contributed by atoms with E-state index in [-0.39, 0.29) is 24.5 Å². The molecule has 1 aliphatic heterocycles. The lowest BCUT2D eigenvalue weighted by atomic mass is 9.91. The van der Waals surface area contributed by atoms with Crippen molar-refractivity contribution >= 4 is 12.0 Å². The zero-order valence-electron chi connectivity index (χ0n) is 16.7. The van der Waals surface area contributed by atoms with Gasteiger partial charge < -0.3 is 20.1 Å². The van der Waals surface area contributed by atoms with Crippen molar-refractivity contribution in [3.63, 3.8) is 0 Å². The van der Waals surface area contributed by atoms with E-state index in [0.717, 1.165) is 11.3 Å². The molecule has 2 N–H and O–H groups in total. The van der Waals surface area contributed by atoms with Gasteiger partial charge in [-0.1, -0.05) is 25.1 Å². The second-order valence-corrected chi connectivity index (χ2v) is 7.63. The highest BCUT2D eigenvalue weighted by Gasteiger charge is 2.32. The molecule has 1 aromatic heterocycles. The van der Waals surface area contributed by atoms with Crippen LogP contribution in [0, 0.1) is 11.8 Å². The Morgan fingerprint density at radius 1 is 1.28 bits per heavy atom. The number of ether oxygens (including phenoxy) is 1. The van der Waals surface area contributed by atoms with Gasteiger partial charge in [-0.3, -0.25) is 9.78 Å². The van der Waals surface area contributed by atoms with Crippen LogP contribution in [0.25, 0.3) is 0 Å². The van der Waals surface area contributed by atoms with Crippen molar-refractivity contribution in [1.82, 2.24) is 15.2 Å². The summed E-state index contributed by atoms with van der Waals surface area (Å²) in [5, 5.41) is 12.3. The largest absolute Gasteiger partial charge is 0.487 e. The summed E-state index contributed by atoms with van der Waals surface area (Å²) in [6.45, 7) is 5.05. The zero-order chi connectivity index (χ0) is 20.8. The second-order valence-electron chi connectivity index (χ2n) is 7.63. The fourth-order valence-electron chi connectivity index (χ4n) is 3.57. The van der Waals surface area contributed by atoms with Crippen molar-refractivity contribution in [3.05, 3.63) is 59.9 Å². The highest BCUT2D eigenvalue weighted by molar-refractivity contribution is 5.77. The van der Waals surface area contributed by atoms with Gasteiger partial charge in [0.1, 0.15) is 12.4 Å². The summed E-state index contributed by atoms with van der Waals surface area (Å²) in [4.78, 5) is 29.8. The Balaban J connectivity index is 1.59. The van der Waals surface area contributed by atoms with Crippen LogP contribution >= 0.6 is 0 Å². The molecule has 3 atom stereocenters. The summed E-state index contributed by atoms with van der Waals surface area (Å²) >= 11 is 0. The molecule has 0 aliphatic carbocycles. The average molecular weight is 397 g/mol. The molecule has 2 amide bonds. The van der Waals surface area contributed by atoms with Crippen LogP contribution in [0.5, 0.6) is 5.75 Å². The van der Waals surface area contributed by atoms with Crippen molar-refractivity contribution in [3.8, 4) is 5.75 Å². The number of nitrogens with one attached hydrogen (secondary N) is 1. The van der Waals surface area contributed by atoms with E-state index in [0.29, 0.717) is 25.3 Å². The molecular formula is C22H27N3O4. The molecular weight excluding hydrogens is 370 g/mol. The number of aromatic nitrogens is 1. The number of nitrogens with zero attached hydrogens (tertiary/aromatic N) is 2. The molecule has 7 nitrogen and oxygen atoms in total. The Hall–Kier alpha value is -3.09. The van der Waals surface area contributed by atoms with Crippen molar-refractivity contribution in [2.45, 2.75) is 32.9 Å². The molecule has 1 aromatic carbocycles. The first-order valence-electron chi connectivity index (χ1n) is 9.83. The summed E-state index contributed by atoms with van der Waals surface area (Å²) in [6, 6.07) is 12.8. The number of rotatable bonds is 6. The molecule has 1 aliphatic rings. The number of pyridine rings is 1. The van der Waals surface area contributed by atoms with Crippen LogP contribution in [0.15, 0.2) is 48.7 Å². The lowest BCUT2D eigenvalue weighted by Gasteiger charge is -2.35. The van der Waals surface area contributed by atoms with E-state index in [9.17, 15) is 14.7 Å². The average Bonchev–Trinajstić information content (AvgIpc) is 2.72. The van der Waals surface area contributed by atoms with E-state index in [1.807, 2.05) is 56.3 Å². The Morgan fingerprint density at radius 3 is 2.83 bits per heavy atom. The van der Waals surface area contributed by atoms with Gasteiger partial charge in [0.15, 0.2) is 0 Å². The van der Waals surface area contributed by atoms with Gasteiger partial charge in [-0.15, -0.1) is 0 Å². The lowest BCUT2D eigenvalue weighted by molar-refractivity contribution is -0.143. The molecule has 7 heteroatoms. The van der Waals surface area contributed by atoms with Crippen molar-refractivity contribution in [2.24, 2.45) is 11.8 Å². The second kappa shape index (κ2) is 9.41. The first-order chi connectivity index (χ1) is 13.9. The number of urea groups is 1. The van der Waals surface area contributed by atoms with Crippen LogP contribution in [-0.2, 0) is 11.4 Å². The number of hydrogen-bond donors (Lipinski definition) is 2. The van der Waals surface area contributed by atoms with Gasteiger partial charge in [0.2, 0.25) is 0 Å². The molecule has 3 unspecified atom stereocenters. The van der Waals surface area contributed by atoms with Crippen LogP contribution in [0.3, 0.4) is 0 Å². The normalized spacial score (nSPS) is 20.0. The number of likely N-dealkylation sites (tertiary alicyclic amines) is 1. The third-order valence-corrected chi connectivity index (χ3v) is 5.11. The maximum Gasteiger partial charge on any atom is 0.317 e. The molecule has 154 valence electrons. The number of hydrogen-bond acceptors (Lipinski definition) is 4. The number of aliphatic carboxylic acids is 1. The summed E-state index contributed by atoms with van der Waals surface area (Å²) in [5.41, 5.74) is 1.75. The molecule has 0 saturated carbocycles. The van der Waals surface area contributed by atoms with Crippen LogP contribution in [0.2, 0.25) is 0 Å². The van der Waals surface area contributed by atoms with Crippen LogP contribution in [0.1, 0.15) is 37.6 Å². The van der Waals surface area contributed by atoms with Gasteiger partial charge in [-0.2, -0.15) is 0 Å². The number of benzene rings is 1. The minimum Gasteiger partial charge on any atom is -0.487 e. The molecule has 3 rings (SSSR count). The predicted molar refractivity (Wildman–Crippen MR) is 108 cm³/mol. The minimum absolute atomic E-state index is 0.161. The molecule has 0 bridgehead atoms. The Morgan fingerprint density at radius 2 is 2.10 bits per heavy atom. The summed E-state index contributed by atoms with van der Waals surface area (Å²) in [6.07, 6.45) is 2.33. The van der Waals surface area contributed by atoms with Crippen molar-refractivity contribution < 1.29 is 19.4 Å². The van der Waals surface area contributed by atoms with Gasteiger partial charge in [0.25, 0.3) is 0 Å². The van der Waals surface area contributed by atoms with Gasteiger partial charge in [0.05, 0.1) is 17.7 Å². The van der Waals surface area contributed by atoms with E-state index in [1.165, 1.54) is 0 Å². The third-order valence-electron chi connectivity index (χ3n) is 5.11. The van der Waals surface area contributed by atoms with Gasteiger partial charge in [0, 0.05) is 19.3 Å². The molecule has 1 fully saturated rings. The highest BCUT2D eigenvalue weighted by Crippen LogP contribution is 2.24. The topological polar surface area (TPSA) is 91.8 Å². The summed E-state index contributed by atoms with van der Waals surface area (Å²) in [7, 11) is 0. The first-order valence-corrected chi connectivity index (χ1v) is 9.83. The number of piperidine rings is 1. The van der Waals surface area contributed by atoms with E-state index in [1.54, 1.807) is 11.1 Å². The molecule has 2 heterocycles. The molecule has 2 aromatic rings. The van der Waals surface area contributed by atoms with Gasteiger partial charge in [-0.25, -0.2) is 4.79 Å². The quantitative estimate of drug-likeness (QED) is 0.779. The molecule has 0 radical (unpaired) electrons. The Bertz CT molecular complexity index is 843. The maximum absolute atomic E-state index is 12.7. The zero-order valence-corrected chi connectivity index (χ0v) is 16.7. The van der Waals surface area contributed by atoms with Crippen molar-refractivity contribution in [2.75, 3.05) is 13.1 Å². The van der Waals surface area contributed by atoms with Crippen molar-refractivity contribution in [1.29, 1.82) is 0 Å². The van der Waals surface area contributed by atoms with E-state index < -0.39 is 11.9 Å². The van der Waals surface area contributed by atoms with E-state index in [4.69, 9.17) is 4.74 Å². The smallest absolute Gasteiger partial charge is 0.317 e. The number of amides is 2. The Kier molecular flexibility index (Phi) is 6.69. The van der Waals surface area contributed by atoms with Crippen LogP contribution in [0.4, 0.5) is 4.79 Å². The van der Waals surface area contributed by atoms with E-state index >= 15 is 0 Å². The summed E-state index contributed by atoms with van der Waals surface area (Å²) < 4.78 is 5.81. The highest BCUT2D eigenvalue weighted by atomic mass is 16.5. The monoisotopic (exact) mass is 397 g/mol. The van der Waals surface area contributed by atoms with Crippen LogP contribution in [-0.4, -0.2) is 40.1 Å². The number of carbonyl (C=O) groups is 2. The van der Waals surface area contributed by atoms with E-state index in [2.05, 4.69) is 10.3 Å². The summed E-state index contributed by atoms with van der Waals surface area (Å²) in [5.74, 6) is -0.496. The van der Waals surface area contributed by atoms with Crippen LogP contribution < -0.4 is 10.1 Å². The fourth-order valence-corrected chi connectivity index (χ4v) is 3.57. The number of carboxylic acids is 1. The number of carboxylic acid groups (broad SMARTS) is 1. The molecule has 29 heavy (non-hydrogen) atoms. The molecule has 0 spiro atoms. The minimum atomic E-state index is -0.847. The predicted octanol–water partition coefficient (Wildman–Crippen LogP) is 3.47. The fraction of sp³-hybridized carbons (Fsp3) is 0.409. The lowest BCUT2D eigenvalue weighted by Crippen LogP contribution is -2.49. The Labute approximate surface area is 170 Å². The van der Waals surface area contributed by atoms with Gasteiger partial charge >= 0.3 is 12.0 Å². The maximum atomic E-state index is 12.7. The number of carbonyl (C=O) groups excluding carboxylic acids is 1. The standard InChI is InChI=1S/C22H27N3O4/c1-15-10-18(21(26)27)13-25(12-15)22(28)24-16(2)17-6-5-8-20(11-17)29-14-19-7-3-4-9-23-19/h3-9,11,15-16,18H,10,12-14H2,1-2H3,(H,24,28)(H,26,27). The first kappa shape index (κ1) is 20.6. The molecule has 1 saturated heterocycles. The third kappa shape index (κ3) is 5.70.